The van der Waals surface area contributed by atoms with E-state index in [4.69, 9.17) is 0 Å². The summed E-state index contributed by atoms with van der Waals surface area (Å²) in [6, 6.07) is 27.0. The number of rotatable bonds is 7. The maximum atomic E-state index is 11.0. The van der Waals surface area contributed by atoms with Crippen LogP contribution in [0.25, 0.3) is 5.57 Å². The molecule has 3 aromatic rings. The Morgan fingerprint density at radius 3 is 1.94 bits per heavy atom. The summed E-state index contributed by atoms with van der Waals surface area (Å²) in [6.45, 7) is 0. The molecule has 0 unspecified atom stereocenters. The number of hydrogen-bond donors (Lipinski definition) is 0. The zero-order valence-corrected chi connectivity index (χ0v) is 22.5. The summed E-state index contributed by atoms with van der Waals surface area (Å²) in [5.41, 5.74) is 6.74. The summed E-state index contributed by atoms with van der Waals surface area (Å²) in [5.74, 6) is 0.250. The minimum absolute atomic E-state index is 0. The second-order valence-electron chi connectivity index (χ2n) is 7.04. The van der Waals surface area contributed by atoms with Crippen molar-refractivity contribution in [1.29, 1.82) is 0 Å². The minimum Gasteiger partial charge on any atom is -0.748 e. The fraction of sp³-hybridized carbons (Fsp3) is 0.167. The van der Waals surface area contributed by atoms with E-state index >= 15 is 0 Å². The van der Waals surface area contributed by atoms with Gasteiger partial charge in [-0.1, -0.05) is 54.6 Å². The van der Waals surface area contributed by atoms with Crippen LogP contribution >= 0.6 is 23.5 Å². The number of para-hydroxylation sites is 3. The molecular weight excluding hydrogens is 469 g/mol. The molecule has 1 heterocycles. The Labute approximate surface area is 220 Å². The van der Waals surface area contributed by atoms with Crippen LogP contribution in [-0.4, -0.2) is 30.7 Å². The molecule has 0 radical (unpaired) electrons. The van der Waals surface area contributed by atoms with Crippen LogP contribution in [0.3, 0.4) is 0 Å². The van der Waals surface area contributed by atoms with Crippen molar-refractivity contribution in [3.63, 3.8) is 0 Å². The van der Waals surface area contributed by atoms with Gasteiger partial charge in [-0.25, -0.2) is 8.42 Å². The summed E-state index contributed by atoms with van der Waals surface area (Å²) in [7, 11) is -4.18. The van der Waals surface area contributed by atoms with Crippen LogP contribution in [0.4, 0.5) is 17.1 Å². The molecule has 0 fully saturated rings. The number of thioether (sulfide) groups is 2. The van der Waals surface area contributed by atoms with Gasteiger partial charge >= 0.3 is 29.6 Å². The fourth-order valence-electron chi connectivity index (χ4n) is 3.74. The topological polar surface area (TPSA) is 60.4 Å². The molecule has 8 heteroatoms. The molecule has 0 aromatic heterocycles. The quantitative estimate of drug-likeness (QED) is 0.225. The van der Waals surface area contributed by atoms with Gasteiger partial charge in [-0.15, -0.1) is 23.5 Å². The predicted octanol–water partition coefficient (Wildman–Crippen LogP) is 3.22. The maximum absolute atomic E-state index is 11.0. The molecule has 0 atom stereocenters. The molecule has 4 rings (SSSR count). The number of fused-ring (bicyclic) bond motifs is 2. The second-order valence-corrected chi connectivity index (χ2v) is 10.7. The second kappa shape index (κ2) is 11.3. The van der Waals surface area contributed by atoms with Gasteiger partial charge in [-0.3, -0.25) is 0 Å². The van der Waals surface area contributed by atoms with Crippen LogP contribution in [-0.2, 0) is 10.1 Å². The third kappa shape index (κ3) is 5.65. The molecule has 160 valence electrons. The van der Waals surface area contributed by atoms with E-state index in [-0.39, 0.29) is 35.3 Å². The Kier molecular flexibility index (Phi) is 8.97. The van der Waals surface area contributed by atoms with Crippen LogP contribution in [0.2, 0.25) is 0 Å². The van der Waals surface area contributed by atoms with Crippen molar-refractivity contribution in [2.45, 2.75) is 6.42 Å². The first-order valence-corrected chi connectivity index (χ1v) is 13.7. The number of benzene rings is 3. The molecule has 0 N–H and O–H groups in total. The van der Waals surface area contributed by atoms with E-state index in [0.717, 1.165) is 38.0 Å². The monoisotopic (exact) mass is 491 g/mol. The van der Waals surface area contributed by atoms with Crippen molar-refractivity contribution in [2.75, 3.05) is 22.7 Å². The van der Waals surface area contributed by atoms with Gasteiger partial charge < -0.3 is 9.45 Å². The van der Waals surface area contributed by atoms with Gasteiger partial charge in [0.05, 0.1) is 21.5 Å². The zero-order chi connectivity index (χ0) is 21.8. The summed E-state index contributed by atoms with van der Waals surface area (Å²) in [6.07, 6.45) is 2.38. The molecule has 0 bridgehead atoms. The van der Waals surface area contributed by atoms with Gasteiger partial charge in [-0.2, -0.15) is 0 Å². The average Bonchev–Trinajstić information content (AvgIpc) is 2.78. The number of hydrogen-bond acceptors (Lipinski definition) is 6. The molecule has 3 aromatic carbocycles. The van der Waals surface area contributed by atoms with E-state index in [9.17, 15) is 13.0 Å². The summed E-state index contributed by atoms with van der Waals surface area (Å²) in [4.78, 5) is 2.28. The van der Waals surface area contributed by atoms with Crippen LogP contribution in [0.1, 0.15) is 17.5 Å². The van der Waals surface area contributed by atoms with Crippen LogP contribution in [0.15, 0.2) is 83.1 Å². The molecule has 4 nitrogen and oxygen atoms in total. The average molecular weight is 492 g/mol. The van der Waals surface area contributed by atoms with E-state index < -0.39 is 10.1 Å². The molecule has 0 aliphatic carbocycles. The minimum atomic E-state index is -4.18. The van der Waals surface area contributed by atoms with Crippen molar-refractivity contribution >= 4 is 56.3 Å². The Balaban J connectivity index is 0.00000289. The SMILES string of the molecule is CSC(SCCCS(=O)(=O)[O-])=C1c2ccccc2N(c2ccccc2)c2ccccc21.[Na+]. The van der Waals surface area contributed by atoms with Gasteiger partial charge in [0.2, 0.25) is 0 Å². The first-order chi connectivity index (χ1) is 15.0. The predicted molar refractivity (Wildman–Crippen MR) is 132 cm³/mol. The Morgan fingerprint density at radius 2 is 1.41 bits per heavy atom. The molecule has 0 spiro atoms. The molecular formula is C24H22NNaO3S3. The van der Waals surface area contributed by atoms with E-state index in [2.05, 4.69) is 41.3 Å². The first-order valence-electron chi connectivity index (χ1n) is 9.88. The van der Waals surface area contributed by atoms with Crippen molar-refractivity contribution in [3.05, 3.63) is 94.2 Å². The molecule has 1 aliphatic heterocycles. The van der Waals surface area contributed by atoms with E-state index in [0.29, 0.717) is 12.2 Å². The van der Waals surface area contributed by atoms with Gasteiger partial charge in [0.25, 0.3) is 0 Å². The zero-order valence-electron chi connectivity index (χ0n) is 18.0. The number of nitrogens with zero attached hydrogens (tertiary/aromatic N) is 1. The Hall–Kier alpha value is -1.19. The van der Waals surface area contributed by atoms with Crippen LogP contribution in [0.5, 0.6) is 0 Å². The summed E-state index contributed by atoms with van der Waals surface area (Å²) >= 11 is 3.27. The third-order valence-electron chi connectivity index (χ3n) is 5.00. The van der Waals surface area contributed by atoms with Crippen molar-refractivity contribution in [1.82, 2.24) is 0 Å². The Bertz CT molecular complexity index is 1160. The van der Waals surface area contributed by atoms with E-state index in [1.807, 2.05) is 48.7 Å². The van der Waals surface area contributed by atoms with Gasteiger partial charge in [-0.05, 0) is 42.7 Å². The van der Waals surface area contributed by atoms with Crippen molar-refractivity contribution < 1.29 is 42.5 Å². The van der Waals surface area contributed by atoms with Crippen molar-refractivity contribution in [3.8, 4) is 0 Å². The third-order valence-corrected chi connectivity index (χ3v) is 8.18. The normalized spacial score (nSPS) is 12.6. The molecule has 0 saturated heterocycles. The maximum Gasteiger partial charge on any atom is 1.00 e. The fourth-order valence-corrected chi connectivity index (χ4v) is 6.41. The van der Waals surface area contributed by atoms with E-state index in [1.165, 1.54) is 0 Å². The van der Waals surface area contributed by atoms with Gasteiger partial charge in [0.1, 0.15) is 0 Å². The summed E-state index contributed by atoms with van der Waals surface area (Å²) < 4.78 is 34.0. The summed E-state index contributed by atoms with van der Waals surface area (Å²) in [5, 5.41) is 0. The van der Waals surface area contributed by atoms with Crippen LogP contribution in [0, 0.1) is 0 Å². The Morgan fingerprint density at radius 1 is 0.875 bits per heavy atom. The molecule has 1 aliphatic rings. The van der Waals surface area contributed by atoms with E-state index in [1.54, 1.807) is 23.5 Å². The smallest absolute Gasteiger partial charge is 0.748 e. The number of anilines is 3. The molecule has 32 heavy (non-hydrogen) atoms. The largest absolute Gasteiger partial charge is 1.00 e. The first kappa shape index (κ1) is 25.4. The van der Waals surface area contributed by atoms with Gasteiger partial charge in [0, 0.05) is 32.4 Å². The standard InChI is InChI=1S/C24H23NO3S3.Na/c1-29-24(30-16-9-17-31(26,27)28)23-19-12-5-7-14-21(19)25(18-10-3-2-4-11-18)22-15-8-6-13-20(22)23;/h2-8,10-15H,9,16-17H2,1H3,(H,26,27,28);/q;+1/p-1. The molecule has 0 saturated carbocycles. The van der Waals surface area contributed by atoms with Crippen LogP contribution < -0.4 is 34.5 Å². The molecule has 0 amide bonds. The van der Waals surface area contributed by atoms with Crippen molar-refractivity contribution in [2.24, 2.45) is 0 Å². The van der Waals surface area contributed by atoms with Gasteiger partial charge in [0.15, 0.2) is 0 Å².